The molecule has 0 aromatic carbocycles. The van der Waals surface area contributed by atoms with Crippen LogP contribution in [-0.4, -0.2) is 38.6 Å². The molecule has 25 heavy (non-hydrogen) atoms. The number of unbranched alkanes of at least 4 members (excludes halogenated alkanes) is 1. The second-order valence-electron chi connectivity index (χ2n) is 6.17. The van der Waals surface area contributed by atoms with E-state index in [2.05, 4.69) is 21.9 Å². The van der Waals surface area contributed by atoms with Gasteiger partial charge in [0.1, 0.15) is 0 Å². The monoisotopic (exact) mass is 358 g/mol. The summed E-state index contributed by atoms with van der Waals surface area (Å²) in [7, 11) is 1.87. The number of nitrogens with zero attached hydrogens (tertiary/aromatic N) is 4. The average Bonchev–Trinajstić information content (AvgIpc) is 2.60. The second kappa shape index (κ2) is 9.51. The molecule has 2 aromatic rings. The van der Waals surface area contributed by atoms with Crippen molar-refractivity contribution in [1.82, 2.24) is 19.9 Å². The van der Waals surface area contributed by atoms with Crippen LogP contribution in [0, 0.1) is 13.8 Å². The van der Waals surface area contributed by atoms with Gasteiger partial charge in [0.05, 0.1) is 11.8 Å². The minimum absolute atomic E-state index is 0.0573. The lowest BCUT2D eigenvalue weighted by atomic mass is 10.0. The number of aryl methyl sites for hydroxylation is 2. The minimum Gasteiger partial charge on any atom is -0.338 e. The summed E-state index contributed by atoms with van der Waals surface area (Å²) in [5.41, 5.74) is 2.93. The van der Waals surface area contributed by atoms with Crippen molar-refractivity contribution in [3.8, 4) is 0 Å². The van der Waals surface area contributed by atoms with Gasteiger partial charge in [0.2, 0.25) is 5.91 Å². The van der Waals surface area contributed by atoms with Gasteiger partial charge in [-0.15, -0.1) is 0 Å². The Bertz CT molecular complexity index is 673. The molecule has 1 unspecified atom stereocenters. The van der Waals surface area contributed by atoms with Crippen molar-refractivity contribution >= 4 is 17.7 Å². The molecule has 2 aromatic heterocycles. The summed E-state index contributed by atoms with van der Waals surface area (Å²) in [5, 5.41) is 0.658. The van der Waals surface area contributed by atoms with Crippen molar-refractivity contribution in [3.63, 3.8) is 0 Å². The van der Waals surface area contributed by atoms with E-state index in [9.17, 15) is 4.79 Å². The zero-order chi connectivity index (χ0) is 18.2. The molecule has 0 aliphatic carbocycles. The Morgan fingerprint density at radius 2 is 2.00 bits per heavy atom. The van der Waals surface area contributed by atoms with E-state index in [0.717, 1.165) is 36.2 Å². The number of aromatic nitrogens is 3. The highest BCUT2D eigenvalue weighted by Gasteiger charge is 2.21. The van der Waals surface area contributed by atoms with Gasteiger partial charge in [-0.25, -0.2) is 9.97 Å². The van der Waals surface area contributed by atoms with Crippen LogP contribution in [0.3, 0.4) is 0 Å². The summed E-state index contributed by atoms with van der Waals surface area (Å²) in [6.45, 7) is 6.04. The molecule has 0 N–H and O–H groups in total. The maximum absolute atomic E-state index is 12.7. The maximum atomic E-state index is 12.7. The topological polar surface area (TPSA) is 59.0 Å². The fourth-order valence-electron chi connectivity index (χ4n) is 2.71. The van der Waals surface area contributed by atoms with Gasteiger partial charge in [0.25, 0.3) is 0 Å². The predicted molar refractivity (Wildman–Crippen MR) is 102 cm³/mol. The number of rotatable bonds is 8. The van der Waals surface area contributed by atoms with Gasteiger partial charge in [-0.1, -0.05) is 37.6 Å². The Balaban J connectivity index is 2.04. The summed E-state index contributed by atoms with van der Waals surface area (Å²) in [6.07, 6.45) is 6.73. The van der Waals surface area contributed by atoms with Gasteiger partial charge in [-0.3, -0.25) is 9.78 Å². The average molecular weight is 359 g/mol. The molecule has 0 saturated heterocycles. The smallest absolute Gasteiger partial charge is 0.233 e. The summed E-state index contributed by atoms with van der Waals surface area (Å²) >= 11 is 1.39. The number of pyridine rings is 1. The third-order valence-corrected chi connectivity index (χ3v) is 4.88. The molecule has 2 rings (SSSR count). The molecule has 0 aliphatic rings. The van der Waals surface area contributed by atoms with Crippen molar-refractivity contribution in [1.29, 1.82) is 0 Å². The SMILES string of the molecule is CCCCC(c1cccnc1)N(C)C(=O)CSc1nc(C)cc(C)n1. The van der Waals surface area contributed by atoms with Gasteiger partial charge in [0, 0.05) is 30.8 Å². The van der Waals surface area contributed by atoms with E-state index < -0.39 is 0 Å². The number of hydrogen-bond donors (Lipinski definition) is 0. The quantitative estimate of drug-likeness (QED) is 0.528. The molecular formula is C19H26N4OS. The molecule has 0 fully saturated rings. The highest BCUT2D eigenvalue weighted by atomic mass is 32.2. The predicted octanol–water partition coefficient (Wildman–Crippen LogP) is 3.97. The molecular weight excluding hydrogens is 332 g/mol. The van der Waals surface area contributed by atoms with E-state index >= 15 is 0 Å². The Kier molecular flexibility index (Phi) is 7.37. The third-order valence-electron chi connectivity index (χ3n) is 4.05. The van der Waals surface area contributed by atoms with Crippen LogP contribution >= 0.6 is 11.8 Å². The first-order valence-corrected chi connectivity index (χ1v) is 9.60. The summed E-state index contributed by atoms with van der Waals surface area (Å²) in [6, 6.07) is 5.95. The third kappa shape index (κ3) is 5.81. The maximum Gasteiger partial charge on any atom is 0.233 e. The van der Waals surface area contributed by atoms with E-state index in [1.54, 1.807) is 6.20 Å². The lowest BCUT2D eigenvalue weighted by Gasteiger charge is -2.28. The standard InChI is InChI=1S/C19H26N4OS/c1-5-6-9-17(16-8-7-10-20-12-16)23(4)18(24)13-25-19-21-14(2)11-15(3)22-19/h7-8,10-12,17H,5-6,9,13H2,1-4H3. The highest BCUT2D eigenvalue weighted by molar-refractivity contribution is 7.99. The van der Waals surface area contributed by atoms with Crippen molar-refractivity contribution in [2.45, 2.75) is 51.2 Å². The van der Waals surface area contributed by atoms with Crippen LogP contribution in [0.4, 0.5) is 0 Å². The van der Waals surface area contributed by atoms with Crippen molar-refractivity contribution in [2.75, 3.05) is 12.8 Å². The van der Waals surface area contributed by atoms with Crippen LogP contribution in [-0.2, 0) is 4.79 Å². The first kappa shape index (κ1) is 19.4. The summed E-state index contributed by atoms with van der Waals surface area (Å²) in [4.78, 5) is 27.5. The first-order valence-electron chi connectivity index (χ1n) is 8.62. The number of carbonyl (C=O) groups excluding carboxylic acids is 1. The number of carbonyl (C=O) groups is 1. The van der Waals surface area contributed by atoms with Crippen LogP contribution in [0.25, 0.3) is 0 Å². The second-order valence-corrected chi connectivity index (χ2v) is 7.11. The molecule has 1 amide bonds. The Morgan fingerprint density at radius 1 is 1.28 bits per heavy atom. The van der Waals surface area contributed by atoms with E-state index in [1.165, 1.54) is 11.8 Å². The molecule has 5 nitrogen and oxygen atoms in total. The van der Waals surface area contributed by atoms with Gasteiger partial charge in [-0.05, 0) is 38.0 Å². The van der Waals surface area contributed by atoms with Gasteiger partial charge < -0.3 is 4.90 Å². The number of hydrogen-bond acceptors (Lipinski definition) is 5. The molecule has 0 aliphatic heterocycles. The summed E-state index contributed by atoms with van der Waals surface area (Å²) < 4.78 is 0. The normalized spacial score (nSPS) is 12.0. The van der Waals surface area contributed by atoms with E-state index in [-0.39, 0.29) is 11.9 Å². The molecule has 0 radical (unpaired) electrons. The molecule has 0 bridgehead atoms. The Labute approximate surface area is 154 Å². The summed E-state index contributed by atoms with van der Waals surface area (Å²) in [5.74, 6) is 0.417. The van der Waals surface area contributed by atoms with Crippen molar-refractivity contribution in [3.05, 3.63) is 47.5 Å². The van der Waals surface area contributed by atoms with Gasteiger partial charge in [0.15, 0.2) is 5.16 Å². The van der Waals surface area contributed by atoms with Crippen molar-refractivity contribution in [2.24, 2.45) is 0 Å². The fourth-order valence-corrected chi connectivity index (χ4v) is 3.59. The highest BCUT2D eigenvalue weighted by Crippen LogP contribution is 2.26. The van der Waals surface area contributed by atoms with Crippen LogP contribution in [0.5, 0.6) is 0 Å². The van der Waals surface area contributed by atoms with Crippen molar-refractivity contribution < 1.29 is 4.79 Å². The molecule has 134 valence electrons. The van der Waals surface area contributed by atoms with Crippen LogP contribution in [0.2, 0.25) is 0 Å². The molecule has 2 heterocycles. The molecule has 0 saturated carbocycles. The largest absolute Gasteiger partial charge is 0.338 e. The zero-order valence-corrected chi connectivity index (χ0v) is 16.2. The van der Waals surface area contributed by atoms with Gasteiger partial charge >= 0.3 is 0 Å². The van der Waals surface area contributed by atoms with E-state index in [0.29, 0.717) is 10.9 Å². The number of thioether (sulfide) groups is 1. The Morgan fingerprint density at radius 3 is 2.60 bits per heavy atom. The zero-order valence-electron chi connectivity index (χ0n) is 15.4. The lowest BCUT2D eigenvalue weighted by molar-refractivity contribution is -0.129. The fraction of sp³-hybridized carbons (Fsp3) is 0.474. The van der Waals surface area contributed by atoms with Crippen LogP contribution in [0.15, 0.2) is 35.7 Å². The minimum atomic E-state index is 0.0573. The van der Waals surface area contributed by atoms with Crippen LogP contribution < -0.4 is 0 Å². The molecule has 1 atom stereocenters. The molecule has 6 heteroatoms. The lowest BCUT2D eigenvalue weighted by Crippen LogP contribution is -2.32. The van der Waals surface area contributed by atoms with E-state index in [4.69, 9.17) is 0 Å². The Hall–Kier alpha value is -1.95. The van der Waals surface area contributed by atoms with Gasteiger partial charge in [-0.2, -0.15) is 0 Å². The number of amides is 1. The van der Waals surface area contributed by atoms with Crippen LogP contribution in [0.1, 0.15) is 49.2 Å². The van der Waals surface area contributed by atoms with E-state index in [1.807, 2.05) is 50.2 Å². The first-order chi connectivity index (χ1) is 12.0. The molecule has 0 spiro atoms.